The summed E-state index contributed by atoms with van der Waals surface area (Å²) in [5, 5.41) is 10.1. The number of hydrogen-bond donors (Lipinski definition) is 0. The zero-order valence-electron chi connectivity index (χ0n) is 34.3. The summed E-state index contributed by atoms with van der Waals surface area (Å²) in [4.78, 5) is 2.42. The van der Waals surface area contributed by atoms with Crippen molar-refractivity contribution < 1.29 is 0 Å². The lowest BCUT2D eigenvalue weighted by molar-refractivity contribution is 0.803. The van der Waals surface area contributed by atoms with Crippen molar-refractivity contribution >= 4 is 71.2 Å². The highest BCUT2D eigenvalue weighted by Crippen LogP contribution is 2.66. The van der Waals surface area contributed by atoms with E-state index >= 15 is 0 Å². The normalized spacial score (nSPS) is 13.2. The number of anilines is 3. The molecule has 0 N–H and O–H groups in total. The average Bonchev–Trinajstić information content (AvgIpc) is 3.96. The molecule has 0 aliphatic heterocycles. The van der Waals surface area contributed by atoms with Gasteiger partial charge in [-0.2, -0.15) is 0 Å². The van der Waals surface area contributed by atoms with E-state index in [2.05, 4.69) is 240 Å². The number of nitrogens with zero attached hydrogens (tertiary/aromatic N) is 2. The van der Waals surface area contributed by atoms with Crippen molar-refractivity contribution in [2.24, 2.45) is 0 Å². The molecule has 1 spiro atoms. The number of benzene rings is 11. The zero-order valence-corrected chi connectivity index (χ0v) is 34.3. The Bertz CT molecular complexity index is 3810. The number of rotatable bonds is 4. The van der Waals surface area contributed by atoms with Crippen LogP contribution < -0.4 is 4.90 Å². The van der Waals surface area contributed by atoms with Gasteiger partial charge in [-0.3, -0.25) is 0 Å². The minimum atomic E-state index is -0.497. The molecule has 0 atom stereocenters. The van der Waals surface area contributed by atoms with E-state index in [1.807, 2.05) is 0 Å². The van der Waals surface area contributed by atoms with Gasteiger partial charge in [-0.25, -0.2) is 0 Å². The first kappa shape index (κ1) is 34.5. The highest BCUT2D eigenvalue weighted by molar-refractivity contribution is 6.21. The van der Waals surface area contributed by atoms with Crippen LogP contribution >= 0.6 is 0 Å². The third-order valence-corrected chi connectivity index (χ3v) is 14.1. The lowest BCUT2D eigenvalue weighted by Gasteiger charge is -2.32. The summed E-state index contributed by atoms with van der Waals surface area (Å²) in [5.41, 5.74) is 17.2. The maximum Gasteiger partial charge on any atom is 0.0731 e. The van der Waals surface area contributed by atoms with Crippen molar-refractivity contribution in [1.82, 2.24) is 4.57 Å². The molecule has 2 aliphatic rings. The SMILES string of the molecule is c1ccc(N(c2ccc3cc4c(cc3c2)C2(c3ccccc3-c3ccccc32)c2c-4c3ccccc3c3ccccc23)c2ccc3c(c2)c2ccccc2n3-c2ccccc2)cc1. The Morgan fingerprint density at radius 1 is 0.317 bits per heavy atom. The van der Waals surface area contributed by atoms with Crippen LogP contribution in [0.25, 0.3) is 82.1 Å². The smallest absolute Gasteiger partial charge is 0.0731 e. The molecule has 2 nitrogen and oxygen atoms in total. The van der Waals surface area contributed by atoms with Gasteiger partial charge in [0.15, 0.2) is 0 Å². The Kier molecular flexibility index (Phi) is 7.07. The van der Waals surface area contributed by atoms with Crippen LogP contribution in [0, 0.1) is 0 Å². The van der Waals surface area contributed by atoms with Gasteiger partial charge in [-0.1, -0.05) is 158 Å². The monoisotopic (exact) mass is 798 g/mol. The Balaban J connectivity index is 1.04. The van der Waals surface area contributed by atoms with Crippen LogP contribution in [-0.4, -0.2) is 4.57 Å². The van der Waals surface area contributed by atoms with E-state index in [0.29, 0.717) is 0 Å². The van der Waals surface area contributed by atoms with Crippen LogP contribution in [-0.2, 0) is 5.41 Å². The molecule has 1 heterocycles. The van der Waals surface area contributed by atoms with Gasteiger partial charge in [-0.15, -0.1) is 0 Å². The summed E-state index contributed by atoms with van der Waals surface area (Å²) >= 11 is 0. The van der Waals surface area contributed by atoms with Gasteiger partial charge >= 0.3 is 0 Å². The highest BCUT2D eigenvalue weighted by Gasteiger charge is 2.53. The Morgan fingerprint density at radius 2 is 0.873 bits per heavy atom. The van der Waals surface area contributed by atoms with E-state index in [0.717, 1.165) is 22.7 Å². The fourth-order valence-corrected chi connectivity index (χ4v) is 11.7. The van der Waals surface area contributed by atoms with Crippen molar-refractivity contribution in [3.05, 3.63) is 253 Å². The van der Waals surface area contributed by atoms with Crippen LogP contribution in [0.2, 0.25) is 0 Å². The molecule has 0 radical (unpaired) electrons. The van der Waals surface area contributed by atoms with Crippen LogP contribution in [0.5, 0.6) is 0 Å². The predicted molar refractivity (Wildman–Crippen MR) is 264 cm³/mol. The van der Waals surface area contributed by atoms with Gasteiger partial charge in [0.2, 0.25) is 0 Å². The third kappa shape index (κ3) is 4.62. The Morgan fingerprint density at radius 3 is 1.62 bits per heavy atom. The van der Waals surface area contributed by atoms with Crippen LogP contribution in [0.3, 0.4) is 0 Å². The van der Waals surface area contributed by atoms with E-state index in [1.165, 1.54) is 98.6 Å². The largest absolute Gasteiger partial charge is 0.310 e. The molecule has 2 aliphatic carbocycles. The lowest BCUT2D eigenvalue weighted by Crippen LogP contribution is -2.26. The maximum atomic E-state index is 2.54. The van der Waals surface area contributed by atoms with Crippen LogP contribution in [0.4, 0.5) is 17.1 Å². The molecule has 0 saturated carbocycles. The lowest BCUT2D eigenvalue weighted by atomic mass is 9.69. The molecule has 11 aromatic carbocycles. The zero-order chi connectivity index (χ0) is 41.2. The van der Waals surface area contributed by atoms with Gasteiger partial charge in [-0.05, 0) is 150 Å². The van der Waals surface area contributed by atoms with Crippen molar-refractivity contribution in [2.75, 3.05) is 4.90 Å². The van der Waals surface area contributed by atoms with Gasteiger partial charge < -0.3 is 9.47 Å². The fourth-order valence-electron chi connectivity index (χ4n) is 11.7. The summed E-state index contributed by atoms with van der Waals surface area (Å²) in [6.07, 6.45) is 0. The molecule has 0 saturated heterocycles. The third-order valence-electron chi connectivity index (χ3n) is 14.1. The second-order valence-electron chi connectivity index (χ2n) is 17.2. The number of aromatic nitrogens is 1. The second-order valence-corrected chi connectivity index (χ2v) is 17.2. The number of para-hydroxylation sites is 3. The van der Waals surface area contributed by atoms with Gasteiger partial charge in [0.25, 0.3) is 0 Å². The first-order chi connectivity index (χ1) is 31.3. The molecule has 292 valence electrons. The molecule has 12 aromatic rings. The molecule has 0 bridgehead atoms. The summed E-state index contributed by atoms with van der Waals surface area (Å²) in [6, 6.07) is 85.8. The summed E-state index contributed by atoms with van der Waals surface area (Å²) in [5.74, 6) is 0. The second kappa shape index (κ2) is 12.9. The maximum absolute atomic E-state index is 2.54. The predicted octanol–water partition coefficient (Wildman–Crippen LogP) is 16.1. The Hall–Kier alpha value is -8.20. The molecule has 1 aromatic heterocycles. The van der Waals surface area contributed by atoms with E-state index in [1.54, 1.807) is 0 Å². The highest BCUT2D eigenvalue weighted by atomic mass is 15.1. The summed E-state index contributed by atoms with van der Waals surface area (Å²) < 4.78 is 2.39. The standard InChI is InChI=1S/C61H38N2/c1-3-17-41(18-4-1)62(44-33-34-58-52(38-44)49-25-13-16-30-57(49)63(58)42-19-5-2-6-20-42)43-32-31-39-36-53-56(37-40(39)35-43)61(54-28-14-11-23-47(54)48-24-12-15-29-55(48)61)60-51-27-10-8-22-46(51)45-21-7-9-26-50(45)59(53)60/h1-38H. The fraction of sp³-hybridized carbons (Fsp3) is 0.0164. The minimum Gasteiger partial charge on any atom is -0.310 e. The Labute approximate surface area is 365 Å². The van der Waals surface area contributed by atoms with Crippen molar-refractivity contribution in [3.63, 3.8) is 0 Å². The molecule has 63 heavy (non-hydrogen) atoms. The van der Waals surface area contributed by atoms with E-state index in [9.17, 15) is 0 Å². The van der Waals surface area contributed by atoms with Gasteiger partial charge in [0.1, 0.15) is 0 Å². The molecule has 0 amide bonds. The molecule has 2 heteroatoms. The first-order valence-electron chi connectivity index (χ1n) is 21.9. The molecule has 0 unspecified atom stereocenters. The summed E-state index contributed by atoms with van der Waals surface area (Å²) in [6.45, 7) is 0. The first-order valence-corrected chi connectivity index (χ1v) is 21.9. The van der Waals surface area contributed by atoms with Crippen LogP contribution in [0.15, 0.2) is 231 Å². The average molecular weight is 799 g/mol. The van der Waals surface area contributed by atoms with Crippen molar-refractivity contribution in [1.29, 1.82) is 0 Å². The van der Waals surface area contributed by atoms with E-state index in [4.69, 9.17) is 0 Å². The molecular weight excluding hydrogens is 761 g/mol. The summed E-state index contributed by atoms with van der Waals surface area (Å²) in [7, 11) is 0. The molecular formula is C61H38N2. The van der Waals surface area contributed by atoms with Gasteiger partial charge in [0.05, 0.1) is 16.4 Å². The van der Waals surface area contributed by atoms with E-state index < -0.39 is 5.41 Å². The van der Waals surface area contributed by atoms with E-state index in [-0.39, 0.29) is 0 Å². The van der Waals surface area contributed by atoms with Crippen molar-refractivity contribution in [3.8, 4) is 27.9 Å². The number of hydrogen-bond acceptors (Lipinski definition) is 1. The van der Waals surface area contributed by atoms with Gasteiger partial charge in [0, 0.05) is 33.5 Å². The topological polar surface area (TPSA) is 8.17 Å². The molecule has 14 rings (SSSR count). The minimum absolute atomic E-state index is 0.497. The number of fused-ring (bicyclic) bond motifs is 19. The molecule has 0 fully saturated rings. The van der Waals surface area contributed by atoms with Crippen LogP contribution in [0.1, 0.15) is 22.3 Å². The quantitative estimate of drug-likeness (QED) is 0.161. The van der Waals surface area contributed by atoms with Crippen molar-refractivity contribution in [2.45, 2.75) is 5.41 Å².